The van der Waals surface area contributed by atoms with E-state index in [2.05, 4.69) is 40.6 Å². The van der Waals surface area contributed by atoms with Crippen LogP contribution < -0.4 is 11.2 Å². The first kappa shape index (κ1) is 23.4. The first-order chi connectivity index (χ1) is 14.0. The number of halogens is 1. The fourth-order valence-electron chi connectivity index (χ4n) is 4.57. The van der Waals surface area contributed by atoms with Gasteiger partial charge in [0.1, 0.15) is 18.4 Å². The van der Waals surface area contributed by atoms with Gasteiger partial charge in [0, 0.05) is 30.4 Å². The number of hydrogen-bond acceptors (Lipinski definition) is 6. The van der Waals surface area contributed by atoms with Crippen molar-refractivity contribution in [1.29, 1.82) is 0 Å². The number of aryl methyl sites for hydroxylation is 1. The third kappa shape index (κ3) is 4.98. The van der Waals surface area contributed by atoms with Gasteiger partial charge >= 0.3 is 11.7 Å². The Morgan fingerprint density at radius 1 is 1.30 bits per heavy atom. The van der Waals surface area contributed by atoms with Gasteiger partial charge in [-0.3, -0.25) is 19.1 Å². The molecule has 0 aliphatic carbocycles. The summed E-state index contributed by atoms with van der Waals surface area (Å²) in [5.74, 6) is -0.393. The molecule has 0 bridgehead atoms. The zero-order chi connectivity index (χ0) is 22.2. The molecule has 2 saturated heterocycles. The second-order valence-corrected chi connectivity index (χ2v) is 15.6. The molecule has 1 aromatic heterocycles. The summed E-state index contributed by atoms with van der Waals surface area (Å²) in [5.41, 5.74) is -0.0722. The fraction of sp³-hybridized carbons (Fsp3) is 0.750. The van der Waals surface area contributed by atoms with E-state index < -0.39 is 43.7 Å². The Bertz CT molecular complexity index is 895. The molecule has 8 nitrogen and oxygen atoms in total. The summed E-state index contributed by atoms with van der Waals surface area (Å²) in [6.07, 6.45) is 1.91. The maximum Gasteiger partial charge on any atom is 0.330 e. The lowest BCUT2D eigenvalue weighted by Crippen LogP contribution is -2.37. The monoisotopic (exact) mass is 502 g/mol. The summed E-state index contributed by atoms with van der Waals surface area (Å²) >= 11 is 3.53. The van der Waals surface area contributed by atoms with Crippen molar-refractivity contribution in [3.8, 4) is 0 Å². The quantitative estimate of drug-likeness (QED) is 0.364. The standard InChI is InChI=1S/C20H31BrN2O6Si/c1-11-10-23(20(26)22-19(11)25)17-9-15(27-12(2)24)18(29-17)14-8-16(30(3,4)5)13(28-14)6-7-21/h10,13-18H,6-9H2,1-5H3,(H,22,25,26)/t13-,14-,15-,16+,17+,18+/m0/s1. The van der Waals surface area contributed by atoms with E-state index in [-0.39, 0.29) is 12.2 Å². The van der Waals surface area contributed by atoms with Gasteiger partial charge in [-0.05, 0) is 25.3 Å². The summed E-state index contributed by atoms with van der Waals surface area (Å²) < 4.78 is 19.6. The molecule has 3 heterocycles. The van der Waals surface area contributed by atoms with Crippen molar-refractivity contribution in [3.05, 3.63) is 32.6 Å². The number of carbonyl (C=O) groups excluding carboxylic acids is 1. The van der Waals surface area contributed by atoms with E-state index in [1.807, 2.05) is 0 Å². The predicted octanol–water partition coefficient (Wildman–Crippen LogP) is 2.72. The van der Waals surface area contributed by atoms with Gasteiger partial charge in [-0.1, -0.05) is 35.6 Å². The number of esters is 1. The van der Waals surface area contributed by atoms with E-state index in [0.29, 0.717) is 17.5 Å². The average Bonchev–Trinajstić information content (AvgIpc) is 3.22. The largest absolute Gasteiger partial charge is 0.459 e. The van der Waals surface area contributed by atoms with E-state index in [1.165, 1.54) is 17.7 Å². The molecule has 0 unspecified atom stereocenters. The number of hydrogen-bond donors (Lipinski definition) is 1. The highest BCUT2D eigenvalue weighted by Gasteiger charge is 2.51. The molecule has 1 aromatic rings. The van der Waals surface area contributed by atoms with Crippen LogP contribution in [0.2, 0.25) is 25.2 Å². The Morgan fingerprint density at radius 3 is 2.60 bits per heavy atom. The molecule has 0 spiro atoms. The van der Waals surface area contributed by atoms with E-state index in [0.717, 1.165) is 18.2 Å². The van der Waals surface area contributed by atoms with Gasteiger partial charge in [-0.2, -0.15) is 0 Å². The number of H-pyrrole nitrogens is 1. The van der Waals surface area contributed by atoms with Crippen LogP contribution in [-0.4, -0.2) is 53.3 Å². The Hall–Kier alpha value is -1.23. The van der Waals surface area contributed by atoms with Gasteiger partial charge in [-0.15, -0.1) is 0 Å². The third-order valence-electron chi connectivity index (χ3n) is 6.05. The van der Waals surface area contributed by atoms with Crippen molar-refractivity contribution in [2.24, 2.45) is 0 Å². The third-order valence-corrected chi connectivity index (χ3v) is 9.34. The minimum Gasteiger partial charge on any atom is -0.459 e. The summed E-state index contributed by atoms with van der Waals surface area (Å²) in [5, 5.41) is 0.860. The Balaban J connectivity index is 1.87. The number of carbonyl (C=O) groups is 1. The van der Waals surface area contributed by atoms with Crippen molar-refractivity contribution >= 4 is 30.0 Å². The molecule has 2 fully saturated rings. The van der Waals surface area contributed by atoms with E-state index >= 15 is 0 Å². The summed E-state index contributed by atoms with van der Waals surface area (Å²) in [4.78, 5) is 38.1. The van der Waals surface area contributed by atoms with Crippen molar-refractivity contribution in [2.75, 3.05) is 5.33 Å². The Kier molecular flexibility index (Phi) is 7.10. The minimum absolute atomic E-state index is 0.139. The molecule has 10 heteroatoms. The van der Waals surface area contributed by atoms with Crippen molar-refractivity contribution in [3.63, 3.8) is 0 Å². The maximum atomic E-state index is 12.3. The Labute approximate surface area is 185 Å². The molecule has 30 heavy (non-hydrogen) atoms. The molecule has 6 atom stereocenters. The van der Waals surface area contributed by atoms with E-state index in [1.54, 1.807) is 6.92 Å². The molecule has 0 amide bonds. The number of ether oxygens (including phenoxy) is 3. The zero-order valence-corrected chi connectivity index (χ0v) is 20.7. The summed E-state index contributed by atoms with van der Waals surface area (Å²) in [6.45, 7) is 10.0. The van der Waals surface area contributed by atoms with Gasteiger partial charge in [0.2, 0.25) is 0 Å². The first-order valence-corrected chi connectivity index (χ1v) is 15.1. The lowest BCUT2D eigenvalue weighted by Gasteiger charge is -2.28. The summed E-state index contributed by atoms with van der Waals surface area (Å²) in [6, 6.07) is 0. The van der Waals surface area contributed by atoms with Crippen molar-refractivity contribution < 1.29 is 19.0 Å². The number of aromatic nitrogens is 2. The van der Waals surface area contributed by atoms with Crippen LogP contribution >= 0.6 is 15.9 Å². The van der Waals surface area contributed by atoms with Crippen LogP contribution in [0.3, 0.4) is 0 Å². The van der Waals surface area contributed by atoms with Crippen LogP contribution in [0, 0.1) is 6.92 Å². The van der Waals surface area contributed by atoms with Crippen LogP contribution in [0.1, 0.15) is 38.0 Å². The molecule has 3 rings (SSSR count). The number of rotatable bonds is 6. The molecule has 0 radical (unpaired) electrons. The van der Waals surface area contributed by atoms with Crippen LogP contribution in [0.25, 0.3) is 0 Å². The number of nitrogens with one attached hydrogen (secondary N) is 1. The number of alkyl halides is 1. The number of aromatic amines is 1. The minimum atomic E-state index is -1.48. The molecular weight excluding hydrogens is 472 g/mol. The number of nitrogens with zero attached hydrogens (tertiary/aromatic N) is 1. The van der Waals surface area contributed by atoms with E-state index in [4.69, 9.17) is 14.2 Å². The molecule has 2 aliphatic rings. The van der Waals surface area contributed by atoms with Gasteiger partial charge in [0.05, 0.1) is 20.3 Å². The maximum absolute atomic E-state index is 12.3. The SMILES string of the molecule is CC(=O)O[C@H]1C[C@H](n2cc(C)c(=O)[nH]c2=O)O[C@@H]1[C@@H]1C[C@@H]([Si](C)(C)C)[C@H](CCBr)O1. The van der Waals surface area contributed by atoms with Crippen LogP contribution in [0.15, 0.2) is 15.8 Å². The second kappa shape index (κ2) is 9.10. The highest BCUT2D eigenvalue weighted by Crippen LogP contribution is 2.45. The lowest BCUT2D eigenvalue weighted by molar-refractivity contribution is -0.155. The van der Waals surface area contributed by atoms with Crippen molar-refractivity contribution in [2.45, 2.75) is 88.9 Å². The van der Waals surface area contributed by atoms with Gasteiger partial charge in [0.15, 0.2) is 0 Å². The smallest absolute Gasteiger partial charge is 0.330 e. The second-order valence-electron chi connectivity index (χ2n) is 9.32. The van der Waals surface area contributed by atoms with Crippen LogP contribution in [0.5, 0.6) is 0 Å². The zero-order valence-electron chi connectivity index (χ0n) is 18.1. The predicted molar refractivity (Wildman–Crippen MR) is 119 cm³/mol. The molecule has 2 aliphatic heterocycles. The molecular formula is C20H31BrN2O6Si. The molecule has 0 aromatic carbocycles. The molecule has 1 N–H and O–H groups in total. The van der Waals surface area contributed by atoms with Crippen molar-refractivity contribution in [1.82, 2.24) is 9.55 Å². The highest BCUT2D eigenvalue weighted by molar-refractivity contribution is 9.09. The highest BCUT2D eigenvalue weighted by atomic mass is 79.9. The average molecular weight is 503 g/mol. The van der Waals surface area contributed by atoms with Gasteiger partial charge < -0.3 is 14.2 Å². The summed E-state index contributed by atoms with van der Waals surface area (Å²) in [7, 11) is -1.48. The van der Waals surface area contributed by atoms with Gasteiger partial charge in [-0.25, -0.2) is 4.79 Å². The topological polar surface area (TPSA) is 99.6 Å². The molecule has 0 saturated carbocycles. The normalized spacial score (nSPS) is 31.8. The van der Waals surface area contributed by atoms with Crippen LogP contribution in [0.4, 0.5) is 0 Å². The van der Waals surface area contributed by atoms with Crippen LogP contribution in [-0.2, 0) is 19.0 Å². The fourth-order valence-corrected chi connectivity index (χ4v) is 7.32. The first-order valence-electron chi connectivity index (χ1n) is 10.4. The lowest BCUT2D eigenvalue weighted by atomic mass is 10.0. The molecule has 168 valence electrons. The Morgan fingerprint density at radius 2 is 2.00 bits per heavy atom. The van der Waals surface area contributed by atoms with E-state index in [9.17, 15) is 14.4 Å². The van der Waals surface area contributed by atoms with Gasteiger partial charge in [0.25, 0.3) is 5.56 Å².